The maximum atomic E-state index is 12.5. The monoisotopic (exact) mass is 541 g/mol. The fourth-order valence-electron chi connectivity index (χ4n) is 4.59. The number of aromatic nitrogens is 2. The second kappa shape index (κ2) is 14.0. The molecule has 0 radical (unpaired) electrons. The first kappa shape index (κ1) is 28.4. The molecule has 3 heterocycles. The molecular weight excluding hydrogens is 505 g/mol. The summed E-state index contributed by atoms with van der Waals surface area (Å²) in [6.45, 7) is 7.40. The van der Waals surface area contributed by atoms with E-state index in [1.807, 2.05) is 44.3 Å². The molecule has 2 unspecified atom stereocenters. The highest BCUT2D eigenvalue weighted by molar-refractivity contribution is 7.42. The van der Waals surface area contributed by atoms with Crippen molar-refractivity contribution in [1.29, 1.82) is 5.26 Å². The third kappa shape index (κ3) is 7.72. The lowest BCUT2D eigenvalue weighted by Gasteiger charge is -2.29. The first-order valence-corrected chi connectivity index (χ1v) is 14.7. The second-order valence-corrected chi connectivity index (χ2v) is 10.8. The number of nitriles is 1. The van der Waals surface area contributed by atoms with E-state index in [0.29, 0.717) is 32.3 Å². The Labute approximate surface area is 232 Å². The van der Waals surface area contributed by atoms with E-state index in [1.165, 1.54) is 23.6 Å². The smallest absolute Gasteiger partial charge is 0.267 e. The molecule has 0 saturated carbocycles. The summed E-state index contributed by atoms with van der Waals surface area (Å²) in [6.07, 6.45) is 4.23. The number of benzene rings is 2. The Bertz CT molecular complexity index is 1420. The van der Waals surface area contributed by atoms with Gasteiger partial charge in [-0.15, -0.1) is 0 Å². The van der Waals surface area contributed by atoms with E-state index in [4.69, 9.17) is 9.73 Å². The van der Waals surface area contributed by atoms with Crippen LogP contribution in [0.3, 0.4) is 0 Å². The average Bonchev–Trinajstić information content (AvgIpc) is 2.99. The quantitative estimate of drug-likeness (QED) is 0.352. The van der Waals surface area contributed by atoms with Crippen LogP contribution in [0.25, 0.3) is 11.3 Å². The number of aliphatic imine (C=N–C) groups is 1. The lowest BCUT2D eigenvalue weighted by atomic mass is 9.98. The summed E-state index contributed by atoms with van der Waals surface area (Å²) in [4.78, 5) is 19.7. The zero-order valence-electron chi connectivity index (χ0n) is 22.9. The summed E-state index contributed by atoms with van der Waals surface area (Å²) in [7, 11) is 2.67. The molecule has 2 aliphatic heterocycles. The van der Waals surface area contributed by atoms with Crippen LogP contribution in [-0.4, -0.2) is 47.6 Å². The van der Waals surface area contributed by atoms with Gasteiger partial charge in [-0.05, 0) is 74.0 Å². The number of ether oxygens (including phenoxy) is 1. The van der Waals surface area contributed by atoms with Crippen LogP contribution in [0.5, 0.6) is 0 Å². The highest BCUT2D eigenvalue weighted by Crippen LogP contribution is 2.40. The minimum absolute atomic E-state index is 0.0559. The van der Waals surface area contributed by atoms with Crippen LogP contribution >= 0.6 is 8.58 Å². The van der Waals surface area contributed by atoms with Gasteiger partial charge >= 0.3 is 0 Å². The summed E-state index contributed by atoms with van der Waals surface area (Å²) in [5.41, 5.74) is 3.96. The van der Waals surface area contributed by atoms with Crippen molar-refractivity contribution in [3.05, 3.63) is 99.3 Å². The Morgan fingerprint density at radius 2 is 1.87 bits per heavy atom. The summed E-state index contributed by atoms with van der Waals surface area (Å²) < 4.78 is 7.52. The van der Waals surface area contributed by atoms with Gasteiger partial charge in [-0.2, -0.15) is 10.4 Å². The van der Waals surface area contributed by atoms with E-state index in [0.717, 1.165) is 42.1 Å². The van der Waals surface area contributed by atoms with Crippen LogP contribution in [0.1, 0.15) is 49.2 Å². The van der Waals surface area contributed by atoms with Crippen LogP contribution in [0.15, 0.2) is 82.0 Å². The maximum absolute atomic E-state index is 12.5. The Morgan fingerprint density at radius 3 is 2.62 bits per heavy atom. The molecule has 39 heavy (non-hydrogen) atoms. The van der Waals surface area contributed by atoms with Crippen LogP contribution in [0.2, 0.25) is 0 Å². The first-order chi connectivity index (χ1) is 19.1. The third-order valence-electron chi connectivity index (χ3n) is 6.81. The van der Waals surface area contributed by atoms with Gasteiger partial charge in [0.15, 0.2) is 0 Å². The fraction of sp³-hybridized carbons (Fsp3) is 0.355. The van der Waals surface area contributed by atoms with Gasteiger partial charge in [0.05, 0.1) is 42.5 Å². The van der Waals surface area contributed by atoms with E-state index in [1.54, 1.807) is 18.2 Å². The molecule has 2 aliphatic rings. The predicted molar refractivity (Wildman–Crippen MR) is 159 cm³/mol. The Balaban J connectivity index is 0.00000172. The molecule has 2 aromatic carbocycles. The largest absolute Gasteiger partial charge is 0.492 e. The molecule has 7 nitrogen and oxygen atoms in total. The van der Waals surface area contributed by atoms with Gasteiger partial charge in [0, 0.05) is 11.6 Å². The van der Waals surface area contributed by atoms with E-state index >= 15 is 0 Å². The van der Waals surface area contributed by atoms with Crippen molar-refractivity contribution in [2.45, 2.75) is 39.0 Å². The van der Waals surface area contributed by atoms with Gasteiger partial charge in [0.2, 0.25) is 0 Å². The van der Waals surface area contributed by atoms with Gasteiger partial charge in [-0.25, -0.2) is 4.68 Å². The topological polar surface area (TPSA) is 83.5 Å². The summed E-state index contributed by atoms with van der Waals surface area (Å²) >= 11 is 0. The van der Waals surface area contributed by atoms with Crippen molar-refractivity contribution in [1.82, 2.24) is 14.7 Å². The maximum Gasteiger partial charge on any atom is 0.267 e. The molecule has 2 atom stereocenters. The Morgan fingerprint density at radius 1 is 1.08 bits per heavy atom. The average molecular weight is 542 g/mol. The zero-order chi connectivity index (χ0) is 27.6. The third-order valence-corrected chi connectivity index (χ3v) is 8.06. The zero-order valence-corrected chi connectivity index (χ0v) is 23.9. The standard InChI is InChI=1S/C29H30N5O2P.C2H6/c1-33-12-10-21(11-13-33)19-36-26-17-31-29(37-20-26)25-7-3-5-23(15-25)18-34-28(35)9-8-27(32-34)24-6-2-4-22(14-24)16-30;1-2/h2-9,14-15,17,20-21,29,37H,10-13,18-19H2,1H3;1-2H3. The molecule has 5 rings (SSSR count). The number of likely N-dealkylation sites (tertiary alicyclic amines) is 1. The van der Waals surface area contributed by atoms with Crippen LogP contribution < -0.4 is 5.56 Å². The molecule has 8 heteroatoms. The molecule has 0 spiro atoms. The molecule has 0 aliphatic carbocycles. The Hall–Kier alpha value is -3.59. The van der Waals surface area contributed by atoms with E-state index in [-0.39, 0.29) is 11.3 Å². The molecule has 1 fully saturated rings. The molecular formula is C31H36N5O2P. The predicted octanol–water partition coefficient (Wildman–Crippen LogP) is 5.82. The number of nitrogens with zero attached hydrogens (tertiary/aromatic N) is 5. The van der Waals surface area contributed by atoms with E-state index in [2.05, 4.69) is 41.1 Å². The van der Waals surface area contributed by atoms with Crippen molar-refractivity contribution >= 4 is 14.8 Å². The minimum Gasteiger partial charge on any atom is -0.492 e. The van der Waals surface area contributed by atoms with Crippen molar-refractivity contribution in [2.75, 3.05) is 26.7 Å². The van der Waals surface area contributed by atoms with Gasteiger partial charge in [0.1, 0.15) is 5.76 Å². The van der Waals surface area contributed by atoms with Gasteiger partial charge in [0.25, 0.3) is 5.56 Å². The van der Waals surface area contributed by atoms with Crippen molar-refractivity contribution in [2.24, 2.45) is 10.9 Å². The number of hydrogen-bond donors (Lipinski definition) is 0. The molecule has 0 N–H and O–H groups in total. The molecule has 0 bridgehead atoms. The number of allylic oxidation sites excluding steroid dienone is 1. The van der Waals surface area contributed by atoms with Crippen LogP contribution in [0.4, 0.5) is 0 Å². The van der Waals surface area contributed by atoms with Crippen molar-refractivity contribution in [3.63, 3.8) is 0 Å². The summed E-state index contributed by atoms with van der Waals surface area (Å²) in [6, 6.07) is 20.8. The minimum atomic E-state index is -0.169. The highest BCUT2D eigenvalue weighted by Gasteiger charge is 2.19. The molecule has 0 amide bonds. The lowest BCUT2D eigenvalue weighted by Crippen LogP contribution is -2.32. The summed E-state index contributed by atoms with van der Waals surface area (Å²) in [5.74, 6) is 3.71. The van der Waals surface area contributed by atoms with Crippen molar-refractivity contribution < 1.29 is 4.74 Å². The van der Waals surface area contributed by atoms with E-state index < -0.39 is 0 Å². The molecule has 1 aromatic heterocycles. The number of piperidine rings is 1. The van der Waals surface area contributed by atoms with Crippen molar-refractivity contribution in [3.8, 4) is 17.3 Å². The van der Waals surface area contributed by atoms with E-state index in [9.17, 15) is 10.1 Å². The highest BCUT2D eigenvalue weighted by atomic mass is 31.1. The van der Waals surface area contributed by atoms with Crippen LogP contribution in [0, 0.1) is 17.2 Å². The molecule has 202 valence electrons. The van der Waals surface area contributed by atoms with Gasteiger partial charge in [-0.1, -0.05) is 58.8 Å². The number of rotatable bonds is 7. The first-order valence-electron chi connectivity index (χ1n) is 13.6. The normalized spacial score (nSPS) is 18.1. The van der Waals surface area contributed by atoms with Gasteiger partial charge in [-0.3, -0.25) is 9.79 Å². The molecule has 3 aromatic rings. The summed E-state index contributed by atoms with van der Waals surface area (Å²) in [5, 5.41) is 13.8. The van der Waals surface area contributed by atoms with Crippen LogP contribution in [-0.2, 0) is 11.3 Å². The van der Waals surface area contributed by atoms with Gasteiger partial charge < -0.3 is 9.64 Å². The molecule has 1 saturated heterocycles. The SMILES string of the molecule is CC.CN1CCC(COC2=CPC(c3cccc(Cn4nc(-c5cccc(C#N)c5)ccc4=O)c3)N=C2)CC1. The fourth-order valence-corrected chi connectivity index (χ4v) is 5.60. The second-order valence-electron chi connectivity index (χ2n) is 9.60. The number of hydrogen-bond acceptors (Lipinski definition) is 6. The Kier molecular flexibility index (Phi) is 10.2. The lowest BCUT2D eigenvalue weighted by molar-refractivity contribution is 0.126.